The molecule has 0 amide bonds. The molecule has 2 nitrogen and oxygen atoms in total. The number of hydrogen-bond acceptors (Lipinski definition) is 2. The zero-order valence-corrected chi connectivity index (χ0v) is 13.0. The van der Waals surface area contributed by atoms with Gasteiger partial charge >= 0.3 is 0 Å². The Kier molecular flexibility index (Phi) is 4.21. The molecule has 3 atom stereocenters. The summed E-state index contributed by atoms with van der Waals surface area (Å²) in [7, 11) is 0. The molecular formula is C15H23BrN2. The molecule has 100 valence electrons. The van der Waals surface area contributed by atoms with Gasteiger partial charge in [0.05, 0.1) is 0 Å². The highest BCUT2D eigenvalue weighted by Gasteiger charge is 2.24. The van der Waals surface area contributed by atoms with E-state index >= 15 is 0 Å². The molecule has 0 radical (unpaired) electrons. The minimum Gasteiger partial charge on any atom is -0.398 e. The largest absolute Gasteiger partial charge is 0.398 e. The SMILES string of the molecule is Cc1cc(NC2CCC(C)C(C)C2)c(Br)cc1N. The summed E-state index contributed by atoms with van der Waals surface area (Å²) in [6, 6.07) is 4.73. The molecule has 2 rings (SSSR count). The molecule has 1 aromatic carbocycles. The normalized spacial score (nSPS) is 28.1. The minimum atomic E-state index is 0.593. The second-order valence-electron chi connectivity index (χ2n) is 5.80. The standard InChI is InChI=1S/C15H23BrN2/c1-9-4-5-12(6-10(9)2)18-15-7-11(3)14(17)8-13(15)16/h7-10,12,18H,4-6,17H2,1-3H3. The van der Waals surface area contributed by atoms with Crippen molar-refractivity contribution in [3.05, 3.63) is 22.2 Å². The Morgan fingerprint density at radius 1 is 1.22 bits per heavy atom. The Labute approximate surface area is 118 Å². The number of halogens is 1. The Morgan fingerprint density at radius 2 is 1.94 bits per heavy atom. The minimum absolute atomic E-state index is 0.593. The molecule has 18 heavy (non-hydrogen) atoms. The predicted molar refractivity (Wildman–Crippen MR) is 82.9 cm³/mol. The van der Waals surface area contributed by atoms with Crippen molar-refractivity contribution in [3.8, 4) is 0 Å². The first-order valence-corrected chi connectivity index (χ1v) is 7.59. The van der Waals surface area contributed by atoms with Gasteiger partial charge in [0, 0.05) is 21.9 Å². The molecule has 1 aliphatic rings. The van der Waals surface area contributed by atoms with Gasteiger partial charge in [-0.2, -0.15) is 0 Å². The van der Waals surface area contributed by atoms with E-state index in [0.29, 0.717) is 6.04 Å². The van der Waals surface area contributed by atoms with Gasteiger partial charge < -0.3 is 11.1 Å². The Hall–Kier alpha value is -0.700. The van der Waals surface area contributed by atoms with E-state index in [-0.39, 0.29) is 0 Å². The van der Waals surface area contributed by atoms with Crippen LogP contribution in [-0.4, -0.2) is 6.04 Å². The number of aryl methyl sites for hydroxylation is 1. The van der Waals surface area contributed by atoms with Crippen molar-refractivity contribution in [2.75, 3.05) is 11.1 Å². The van der Waals surface area contributed by atoms with Crippen molar-refractivity contribution >= 4 is 27.3 Å². The summed E-state index contributed by atoms with van der Waals surface area (Å²) in [5.74, 6) is 1.67. The molecular weight excluding hydrogens is 288 g/mol. The zero-order chi connectivity index (χ0) is 13.3. The van der Waals surface area contributed by atoms with Gasteiger partial charge in [0.25, 0.3) is 0 Å². The summed E-state index contributed by atoms with van der Waals surface area (Å²) in [5.41, 5.74) is 9.06. The summed E-state index contributed by atoms with van der Waals surface area (Å²) in [4.78, 5) is 0. The van der Waals surface area contributed by atoms with E-state index in [1.807, 2.05) is 6.07 Å². The summed E-state index contributed by atoms with van der Waals surface area (Å²) >= 11 is 3.59. The molecule has 3 unspecified atom stereocenters. The quantitative estimate of drug-likeness (QED) is 0.785. The Balaban J connectivity index is 2.08. The molecule has 1 aliphatic carbocycles. The van der Waals surface area contributed by atoms with Crippen LogP contribution in [-0.2, 0) is 0 Å². The van der Waals surface area contributed by atoms with E-state index in [1.165, 1.54) is 24.9 Å². The molecule has 0 saturated heterocycles. The van der Waals surface area contributed by atoms with Crippen LogP contribution in [0.2, 0.25) is 0 Å². The van der Waals surface area contributed by atoms with Gasteiger partial charge in [-0.05, 0) is 71.6 Å². The first kappa shape index (κ1) is 13.7. The molecule has 1 aromatic rings. The topological polar surface area (TPSA) is 38.0 Å². The first-order valence-electron chi connectivity index (χ1n) is 6.79. The van der Waals surface area contributed by atoms with Crippen LogP contribution in [0.25, 0.3) is 0 Å². The fourth-order valence-electron chi connectivity index (χ4n) is 2.71. The smallest absolute Gasteiger partial charge is 0.0490 e. The summed E-state index contributed by atoms with van der Waals surface area (Å²) in [6.07, 6.45) is 3.85. The Bertz CT molecular complexity index is 431. The van der Waals surface area contributed by atoms with Crippen molar-refractivity contribution < 1.29 is 0 Å². The summed E-state index contributed by atoms with van der Waals surface area (Å²) in [6.45, 7) is 6.78. The lowest BCUT2D eigenvalue weighted by Gasteiger charge is -2.33. The molecule has 0 aromatic heterocycles. The Morgan fingerprint density at radius 3 is 2.61 bits per heavy atom. The number of benzene rings is 1. The first-order chi connectivity index (χ1) is 8.47. The maximum absolute atomic E-state index is 5.91. The molecule has 1 saturated carbocycles. The lowest BCUT2D eigenvalue weighted by Crippen LogP contribution is -2.30. The average molecular weight is 311 g/mol. The van der Waals surface area contributed by atoms with Crippen LogP contribution in [0.3, 0.4) is 0 Å². The van der Waals surface area contributed by atoms with Gasteiger partial charge in [-0.15, -0.1) is 0 Å². The van der Waals surface area contributed by atoms with Crippen molar-refractivity contribution in [1.82, 2.24) is 0 Å². The molecule has 1 fully saturated rings. The van der Waals surface area contributed by atoms with E-state index < -0.39 is 0 Å². The van der Waals surface area contributed by atoms with Gasteiger partial charge in [-0.25, -0.2) is 0 Å². The van der Waals surface area contributed by atoms with E-state index in [2.05, 4.69) is 48.1 Å². The van der Waals surface area contributed by atoms with E-state index in [0.717, 1.165) is 27.6 Å². The monoisotopic (exact) mass is 310 g/mol. The van der Waals surface area contributed by atoms with Crippen molar-refractivity contribution in [1.29, 1.82) is 0 Å². The van der Waals surface area contributed by atoms with Crippen LogP contribution >= 0.6 is 15.9 Å². The van der Waals surface area contributed by atoms with Crippen molar-refractivity contribution in [2.24, 2.45) is 11.8 Å². The predicted octanol–water partition coefficient (Wildman–Crippen LogP) is 4.58. The highest BCUT2D eigenvalue weighted by atomic mass is 79.9. The number of nitrogen functional groups attached to an aromatic ring is 1. The number of nitrogens with one attached hydrogen (secondary N) is 1. The van der Waals surface area contributed by atoms with E-state index in [9.17, 15) is 0 Å². The summed E-state index contributed by atoms with van der Waals surface area (Å²) < 4.78 is 1.07. The zero-order valence-electron chi connectivity index (χ0n) is 11.5. The molecule has 0 spiro atoms. The van der Waals surface area contributed by atoms with Crippen LogP contribution in [0.15, 0.2) is 16.6 Å². The van der Waals surface area contributed by atoms with Gasteiger partial charge in [-0.1, -0.05) is 13.8 Å². The van der Waals surface area contributed by atoms with Crippen LogP contribution in [0.1, 0.15) is 38.7 Å². The van der Waals surface area contributed by atoms with Gasteiger partial charge in [0.1, 0.15) is 0 Å². The molecule has 3 heteroatoms. The van der Waals surface area contributed by atoms with Gasteiger partial charge in [-0.3, -0.25) is 0 Å². The third-order valence-electron chi connectivity index (χ3n) is 4.31. The number of anilines is 2. The van der Waals surface area contributed by atoms with Crippen LogP contribution < -0.4 is 11.1 Å². The maximum atomic E-state index is 5.91. The van der Waals surface area contributed by atoms with Crippen LogP contribution in [0.4, 0.5) is 11.4 Å². The average Bonchev–Trinajstić information content (AvgIpc) is 2.31. The molecule has 0 bridgehead atoms. The third kappa shape index (κ3) is 3.00. The lowest BCUT2D eigenvalue weighted by atomic mass is 9.79. The second kappa shape index (κ2) is 5.52. The summed E-state index contributed by atoms with van der Waals surface area (Å²) in [5, 5.41) is 3.67. The fourth-order valence-corrected chi connectivity index (χ4v) is 3.18. The lowest BCUT2D eigenvalue weighted by molar-refractivity contribution is 0.261. The molecule has 3 N–H and O–H groups in total. The molecule has 0 heterocycles. The second-order valence-corrected chi connectivity index (χ2v) is 6.65. The van der Waals surface area contributed by atoms with Crippen molar-refractivity contribution in [3.63, 3.8) is 0 Å². The van der Waals surface area contributed by atoms with Crippen LogP contribution in [0.5, 0.6) is 0 Å². The highest BCUT2D eigenvalue weighted by Crippen LogP contribution is 2.34. The number of rotatable bonds is 2. The third-order valence-corrected chi connectivity index (χ3v) is 4.97. The van der Waals surface area contributed by atoms with Crippen molar-refractivity contribution in [2.45, 2.75) is 46.1 Å². The maximum Gasteiger partial charge on any atom is 0.0490 e. The fraction of sp³-hybridized carbons (Fsp3) is 0.600. The van der Waals surface area contributed by atoms with E-state index in [4.69, 9.17) is 5.73 Å². The molecule has 0 aliphatic heterocycles. The van der Waals surface area contributed by atoms with E-state index in [1.54, 1.807) is 0 Å². The van der Waals surface area contributed by atoms with Crippen LogP contribution in [0, 0.1) is 18.8 Å². The highest BCUT2D eigenvalue weighted by molar-refractivity contribution is 9.10. The van der Waals surface area contributed by atoms with Gasteiger partial charge in [0.15, 0.2) is 0 Å². The van der Waals surface area contributed by atoms with Gasteiger partial charge in [0.2, 0.25) is 0 Å². The number of nitrogens with two attached hydrogens (primary N) is 1. The number of hydrogen-bond donors (Lipinski definition) is 2.